The number of nitrogens with zero attached hydrogens (tertiary/aromatic N) is 1. The fraction of sp³-hybridized carbons (Fsp3) is 0.558. The third kappa shape index (κ3) is 12.1. The number of furan rings is 1. The second kappa shape index (κ2) is 22.2. The van der Waals surface area contributed by atoms with Gasteiger partial charge >= 0.3 is 35.8 Å². The maximum Gasteiger partial charge on any atom is 0.314 e. The van der Waals surface area contributed by atoms with Crippen LogP contribution in [0.5, 0.6) is 11.5 Å². The van der Waals surface area contributed by atoms with Gasteiger partial charge in [0.1, 0.15) is 27.4 Å². The Bertz CT molecular complexity index is 2530. The first-order valence-corrected chi connectivity index (χ1v) is 25.1. The highest BCUT2D eigenvalue weighted by Crippen LogP contribution is 2.43. The molecular weight excluding hydrogens is 911 g/mol. The van der Waals surface area contributed by atoms with E-state index < -0.39 is 72.6 Å². The summed E-state index contributed by atoms with van der Waals surface area (Å²) in [5, 5.41) is 1.35. The molecule has 0 aliphatic heterocycles. The minimum absolute atomic E-state index is 0.0197. The van der Waals surface area contributed by atoms with Crippen molar-refractivity contribution in [2.24, 2.45) is 47.3 Å². The van der Waals surface area contributed by atoms with E-state index in [0.29, 0.717) is 129 Å². The van der Waals surface area contributed by atoms with Gasteiger partial charge in [-0.2, -0.15) is 0 Å². The molecule has 0 saturated heterocycles. The lowest BCUT2D eigenvalue weighted by molar-refractivity contribution is -0.192. The number of aromatic nitrogens is 1. The fourth-order valence-corrected chi connectivity index (χ4v) is 11.2. The van der Waals surface area contributed by atoms with Crippen LogP contribution in [0.3, 0.4) is 0 Å². The largest absolute Gasteiger partial charge is 0.454 e. The summed E-state index contributed by atoms with van der Waals surface area (Å²) in [6.45, 7) is 4.16. The molecule has 4 fully saturated rings. The molecule has 4 saturated carbocycles. The number of rotatable bonds is 15. The van der Waals surface area contributed by atoms with E-state index >= 15 is 0 Å². The predicted octanol–water partition coefficient (Wildman–Crippen LogP) is 9.40. The van der Waals surface area contributed by atoms with Crippen LogP contribution < -0.4 is 9.47 Å². The minimum Gasteiger partial charge on any atom is -0.454 e. The summed E-state index contributed by atoms with van der Waals surface area (Å²) in [4.78, 5) is 107. The SMILES string of the molecule is CC(=O)C1CCC(C(=O)OCOC(=O)C2CCC(C(=O)Oc3ccc(OC(=O)C4CCC(C(=O)OC(C)OC(=O)C5CCC(C(C)=O)CC5)CC4)c4nc(-c5cc6ccccc6o5)sc34)CC2)CC1. The molecule has 17 heteroatoms. The van der Waals surface area contributed by atoms with Gasteiger partial charge in [-0.05, 0) is 141 Å². The Morgan fingerprint density at radius 2 is 0.957 bits per heavy atom. The molecule has 69 heavy (non-hydrogen) atoms. The third-order valence-corrected chi connectivity index (χ3v) is 15.6. The van der Waals surface area contributed by atoms with Crippen LogP contribution in [0.2, 0.25) is 0 Å². The molecule has 368 valence electrons. The monoisotopic (exact) mass is 969 g/mol. The summed E-state index contributed by atoms with van der Waals surface area (Å²) in [7, 11) is 0. The van der Waals surface area contributed by atoms with Crippen molar-refractivity contribution in [1.29, 1.82) is 0 Å². The van der Waals surface area contributed by atoms with E-state index in [4.69, 9.17) is 37.8 Å². The number of benzene rings is 2. The highest BCUT2D eigenvalue weighted by atomic mass is 32.1. The number of hydrogen-bond donors (Lipinski definition) is 0. The van der Waals surface area contributed by atoms with Gasteiger partial charge < -0.3 is 32.8 Å². The molecule has 8 rings (SSSR count). The van der Waals surface area contributed by atoms with Gasteiger partial charge in [-0.1, -0.05) is 18.2 Å². The molecule has 2 aromatic heterocycles. The predicted molar refractivity (Wildman–Crippen MR) is 248 cm³/mol. The fourth-order valence-electron chi connectivity index (χ4n) is 10.2. The third-order valence-electron chi connectivity index (χ3n) is 14.6. The Morgan fingerprint density at radius 1 is 0.551 bits per heavy atom. The van der Waals surface area contributed by atoms with Crippen molar-refractivity contribution < 1.29 is 71.2 Å². The highest BCUT2D eigenvalue weighted by Gasteiger charge is 2.37. The topological polar surface area (TPSA) is 218 Å². The molecule has 0 bridgehead atoms. The van der Waals surface area contributed by atoms with Gasteiger partial charge in [0.15, 0.2) is 22.3 Å². The number of para-hydroxylation sites is 1. The van der Waals surface area contributed by atoms with E-state index in [9.17, 15) is 38.4 Å². The first kappa shape index (κ1) is 49.5. The number of carbonyl (C=O) groups excluding carboxylic acids is 8. The molecule has 1 unspecified atom stereocenters. The molecule has 0 spiro atoms. The number of esters is 6. The van der Waals surface area contributed by atoms with Gasteiger partial charge in [0.2, 0.25) is 13.1 Å². The van der Waals surface area contributed by atoms with E-state index in [2.05, 4.69) is 0 Å². The van der Waals surface area contributed by atoms with Crippen LogP contribution in [0, 0.1) is 47.3 Å². The molecule has 0 radical (unpaired) electrons. The smallest absolute Gasteiger partial charge is 0.314 e. The van der Waals surface area contributed by atoms with Crippen molar-refractivity contribution in [3.05, 3.63) is 42.5 Å². The molecule has 0 amide bonds. The van der Waals surface area contributed by atoms with Crippen LogP contribution in [-0.4, -0.2) is 65.4 Å². The van der Waals surface area contributed by atoms with Crippen LogP contribution in [0.25, 0.3) is 32.0 Å². The van der Waals surface area contributed by atoms with Gasteiger partial charge in [0, 0.05) is 24.1 Å². The van der Waals surface area contributed by atoms with E-state index in [1.54, 1.807) is 26.0 Å². The average Bonchev–Trinajstić information content (AvgIpc) is 4.01. The number of ketones is 2. The zero-order valence-electron chi connectivity index (χ0n) is 39.2. The van der Waals surface area contributed by atoms with Crippen LogP contribution >= 0.6 is 11.3 Å². The maximum atomic E-state index is 13.7. The van der Waals surface area contributed by atoms with Crippen LogP contribution in [-0.2, 0) is 57.3 Å². The van der Waals surface area contributed by atoms with Gasteiger partial charge in [0.25, 0.3) is 0 Å². The summed E-state index contributed by atoms with van der Waals surface area (Å²) in [5.41, 5.74) is 0.964. The lowest BCUT2D eigenvalue weighted by atomic mass is 9.80. The van der Waals surface area contributed by atoms with Crippen molar-refractivity contribution in [3.8, 4) is 22.3 Å². The number of thiazole rings is 1. The van der Waals surface area contributed by atoms with Crippen molar-refractivity contribution in [2.75, 3.05) is 6.79 Å². The van der Waals surface area contributed by atoms with Crippen LogP contribution in [0.4, 0.5) is 0 Å². The van der Waals surface area contributed by atoms with Gasteiger partial charge in [-0.15, -0.1) is 11.3 Å². The molecule has 0 N–H and O–H groups in total. The van der Waals surface area contributed by atoms with Gasteiger partial charge in [0.05, 0.1) is 35.5 Å². The standard InChI is InChI=1S/C52H59NO15S/c1-28(54)31-8-12-33(13-9-31)47(56)62-27-63-48(57)34-16-18-38(19-17-34)52(61)68-42-25-24-41(44-45(42)69-46(53-44)43-26-39-6-4-5-7-40(39)66-43)67-51(60)37-22-20-36(21-23-37)50(59)65-30(3)64-49(58)35-14-10-32(11-15-35)29(2)55/h4-7,24-26,30-38H,8-23,27H2,1-3H3. The first-order chi connectivity index (χ1) is 33.2. The quantitative estimate of drug-likeness (QED) is 0.0615. The average molecular weight is 970 g/mol. The van der Waals surface area contributed by atoms with Crippen LogP contribution in [0.1, 0.15) is 124 Å². The Labute approximate surface area is 403 Å². The van der Waals surface area contributed by atoms with E-state index in [-0.39, 0.29) is 46.7 Å². The zero-order valence-corrected chi connectivity index (χ0v) is 40.1. The number of carbonyl (C=O) groups is 8. The molecule has 2 heterocycles. The van der Waals surface area contributed by atoms with Crippen molar-refractivity contribution in [2.45, 2.75) is 130 Å². The molecular formula is C52H59NO15S. The second-order valence-corrected chi connectivity index (χ2v) is 20.1. The van der Waals surface area contributed by atoms with Crippen molar-refractivity contribution in [1.82, 2.24) is 4.98 Å². The zero-order chi connectivity index (χ0) is 48.8. The molecule has 1 atom stereocenters. The van der Waals surface area contributed by atoms with Gasteiger partial charge in [-0.3, -0.25) is 38.4 Å². The molecule has 4 aliphatic rings. The Morgan fingerprint density at radius 3 is 1.42 bits per heavy atom. The van der Waals surface area contributed by atoms with E-state index in [1.807, 2.05) is 30.3 Å². The first-order valence-electron chi connectivity index (χ1n) is 24.3. The summed E-state index contributed by atoms with van der Waals surface area (Å²) >= 11 is 1.22. The molecule has 4 aromatic rings. The summed E-state index contributed by atoms with van der Waals surface area (Å²) in [6, 6.07) is 12.5. The lowest BCUT2D eigenvalue weighted by Gasteiger charge is -2.28. The van der Waals surface area contributed by atoms with E-state index in [1.165, 1.54) is 18.3 Å². The summed E-state index contributed by atoms with van der Waals surface area (Å²) in [5.74, 6) is -4.34. The normalized spacial score (nSPS) is 25.4. The Kier molecular flexibility index (Phi) is 15.9. The van der Waals surface area contributed by atoms with Crippen molar-refractivity contribution in [3.63, 3.8) is 0 Å². The van der Waals surface area contributed by atoms with Crippen LogP contribution in [0.15, 0.2) is 46.9 Å². The Hall–Kier alpha value is -5.97. The number of Topliss-reactive ketones (excluding diaryl/α,β-unsaturated/α-hetero) is 2. The van der Waals surface area contributed by atoms with E-state index in [0.717, 1.165) is 5.39 Å². The number of ether oxygens (including phenoxy) is 6. The number of hydrogen-bond acceptors (Lipinski definition) is 17. The van der Waals surface area contributed by atoms with Crippen molar-refractivity contribution >= 4 is 79.9 Å². The minimum atomic E-state index is -1.07. The highest BCUT2D eigenvalue weighted by molar-refractivity contribution is 7.22. The summed E-state index contributed by atoms with van der Waals surface area (Å²) < 4.78 is 40.1. The summed E-state index contributed by atoms with van der Waals surface area (Å²) in [6.07, 6.45) is 6.71. The molecule has 4 aliphatic carbocycles. The lowest BCUT2D eigenvalue weighted by Crippen LogP contribution is -2.33. The molecule has 2 aromatic carbocycles. The number of fused-ring (bicyclic) bond motifs is 2. The Balaban J connectivity index is 0.847. The second-order valence-electron chi connectivity index (χ2n) is 19.2. The van der Waals surface area contributed by atoms with Gasteiger partial charge in [-0.25, -0.2) is 4.98 Å². The molecule has 16 nitrogen and oxygen atoms in total. The maximum absolute atomic E-state index is 13.7.